The Morgan fingerprint density at radius 2 is 1.52 bits per heavy atom. The van der Waals surface area contributed by atoms with Gasteiger partial charge >= 0.3 is 0 Å². The van der Waals surface area contributed by atoms with Crippen LogP contribution in [0.5, 0.6) is 5.75 Å². The first-order valence-corrected chi connectivity index (χ1v) is 11.9. The van der Waals surface area contributed by atoms with Crippen LogP contribution in [0.1, 0.15) is 6.92 Å². The molecule has 0 spiro atoms. The molecule has 0 atom stereocenters. The van der Waals surface area contributed by atoms with Gasteiger partial charge in [0.15, 0.2) is 0 Å². The molecule has 162 valence electrons. The number of amides is 1. The molecule has 0 aliphatic carbocycles. The summed E-state index contributed by atoms with van der Waals surface area (Å²) in [5, 5.41) is 0. The van der Waals surface area contributed by atoms with Gasteiger partial charge in [0.2, 0.25) is 5.91 Å². The Labute approximate surface area is 191 Å². The zero-order valence-corrected chi connectivity index (χ0v) is 19.6. The van der Waals surface area contributed by atoms with E-state index in [-0.39, 0.29) is 17.3 Å². The maximum atomic E-state index is 13.5. The van der Waals surface area contributed by atoms with Gasteiger partial charge in [-0.05, 0) is 67.6 Å². The highest BCUT2D eigenvalue weighted by Crippen LogP contribution is 2.27. The molecule has 0 aromatic heterocycles. The standard InChI is InChI=1S/C23H23BrN2O4S/c1-3-30-21-13-11-20(12-14-21)26(31(28,29)22-15-9-18(24)10-16-22)17-23(27)25(2)19-7-5-4-6-8-19/h4-16H,3,17H2,1-2H3. The smallest absolute Gasteiger partial charge is 0.264 e. The molecule has 0 unspecified atom stereocenters. The molecule has 0 N–H and O–H groups in total. The molecule has 0 radical (unpaired) electrons. The van der Waals surface area contributed by atoms with Crippen molar-refractivity contribution >= 4 is 43.2 Å². The zero-order chi connectivity index (χ0) is 22.4. The molecule has 0 saturated carbocycles. The largest absolute Gasteiger partial charge is 0.494 e. The third kappa shape index (κ3) is 5.45. The predicted octanol–water partition coefficient (Wildman–Crippen LogP) is 4.71. The van der Waals surface area contributed by atoms with Crippen molar-refractivity contribution in [2.75, 3.05) is 29.4 Å². The number of carbonyl (C=O) groups excluding carboxylic acids is 1. The van der Waals surface area contributed by atoms with E-state index in [4.69, 9.17) is 4.74 Å². The van der Waals surface area contributed by atoms with Crippen molar-refractivity contribution in [3.8, 4) is 5.75 Å². The summed E-state index contributed by atoms with van der Waals surface area (Å²) >= 11 is 3.32. The average Bonchev–Trinajstić information content (AvgIpc) is 2.78. The second kappa shape index (κ2) is 9.98. The highest BCUT2D eigenvalue weighted by atomic mass is 79.9. The van der Waals surface area contributed by atoms with Gasteiger partial charge in [0.1, 0.15) is 12.3 Å². The Hall–Kier alpha value is -2.84. The Balaban J connectivity index is 1.97. The molecular formula is C23H23BrN2O4S. The van der Waals surface area contributed by atoms with Crippen LogP contribution in [-0.4, -0.2) is 34.5 Å². The van der Waals surface area contributed by atoms with E-state index in [1.165, 1.54) is 17.0 Å². The fourth-order valence-electron chi connectivity index (χ4n) is 2.95. The van der Waals surface area contributed by atoms with E-state index in [9.17, 15) is 13.2 Å². The van der Waals surface area contributed by atoms with E-state index in [0.29, 0.717) is 23.7 Å². The lowest BCUT2D eigenvalue weighted by Gasteiger charge is -2.27. The number of hydrogen-bond donors (Lipinski definition) is 0. The Kier molecular flexibility index (Phi) is 7.35. The quantitative estimate of drug-likeness (QED) is 0.447. The molecule has 0 heterocycles. The monoisotopic (exact) mass is 502 g/mol. The van der Waals surface area contributed by atoms with Gasteiger partial charge in [-0.25, -0.2) is 8.42 Å². The van der Waals surface area contributed by atoms with Crippen molar-refractivity contribution < 1.29 is 17.9 Å². The van der Waals surface area contributed by atoms with Crippen molar-refractivity contribution in [2.45, 2.75) is 11.8 Å². The number of hydrogen-bond acceptors (Lipinski definition) is 4. The molecule has 0 fully saturated rings. The lowest BCUT2D eigenvalue weighted by molar-refractivity contribution is -0.116. The number of anilines is 2. The molecule has 0 aliphatic rings. The third-order valence-electron chi connectivity index (χ3n) is 4.63. The van der Waals surface area contributed by atoms with Gasteiger partial charge in [-0.1, -0.05) is 34.1 Å². The molecule has 31 heavy (non-hydrogen) atoms. The van der Waals surface area contributed by atoms with Gasteiger partial charge in [0.25, 0.3) is 10.0 Å². The van der Waals surface area contributed by atoms with Crippen LogP contribution < -0.4 is 13.9 Å². The molecule has 3 rings (SSSR count). The molecule has 3 aromatic rings. The number of sulfonamides is 1. The summed E-state index contributed by atoms with van der Waals surface area (Å²) in [5.41, 5.74) is 1.06. The second-order valence-electron chi connectivity index (χ2n) is 6.68. The predicted molar refractivity (Wildman–Crippen MR) is 126 cm³/mol. The van der Waals surface area contributed by atoms with Gasteiger partial charge in [-0.2, -0.15) is 0 Å². The lowest BCUT2D eigenvalue weighted by atomic mass is 10.3. The van der Waals surface area contributed by atoms with E-state index in [1.807, 2.05) is 25.1 Å². The molecule has 6 nitrogen and oxygen atoms in total. The minimum Gasteiger partial charge on any atom is -0.494 e. The van der Waals surface area contributed by atoms with Crippen LogP contribution in [0.3, 0.4) is 0 Å². The summed E-state index contributed by atoms with van der Waals surface area (Å²) in [6, 6.07) is 22.1. The van der Waals surface area contributed by atoms with Crippen LogP contribution in [0.2, 0.25) is 0 Å². The van der Waals surface area contributed by atoms with Crippen molar-refractivity contribution in [2.24, 2.45) is 0 Å². The topological polar surface area (TPSA) is 66.9 Å². The van der Waals surface area contributed by atoms with Crippen LogP contribution in [0.4, 0.5) is 11.4 Å². The SMILES string of the molecule is CCOc1ccc(N(CC(=O)N(C)c2ccccc2)S(=O)(=O)c2ccc(Br)cc2)cc1. The molecule has 8 heteroatoms. The van der Waals surface area contributed by atoms with E-state index >= 15 is 0 Å². The van der Waals surface area contributed by atoms with Crippen LogP contribution in [0.25, 0.3) is 0 Å². The van der Waals surface area contributed by atoms with Gasteiger partial charge in [-0.15, -0.1) is 0 Å². The number of carbonyl (C=O) groups is 1. The van der Waals surface area contributed by atoms with E-state index in [2.05, 4.69) is 15.9 Å². The molecular weight excluding hydrogens is 480 g/mol. The summed E-state index contributed by atoms with van der Waals surface area (Å²) in [7, 11) is -2.36. The zero-order valence-electron chi connectivity index (χ0n) is 17.2. The number of benzene rings is 3. The lowest BCUT2D eigenvalue weighted by Crippen LogP contribution is -2.41. The Morgan fingerprint density at radius 1 is 0.903 bits per heavy atom. The highest BCUT2D eigenvalue weighted by molar-refractivity contribution is 9.10. The minimum atomic E-state index is -3.98. The molecule has 0 saturated heterocycles. The Bertz CT molecular complexity index is 1120. The molecule has 0 aliphatic heterocycles. The summed E-state index contributed by atoms with van der Waals surface area (Å²) in [5.74, 6) is 0.265. The highest BCUT2D eigenvalue weighted by Gasteiger charge is 2.28. The fraction of sp³-hybridized carbons (Fsp3) is 0.174. The summed E-state index contributed by atoms with van der Waals surface area (Å²) in [4.78, 5) is 14.6. The van der Waals surface area contributed by atoms with Crippen LogP contribution >= 0.6 is 15.9 Å². The molecule has 0 bridgehead atoms. The van der Waals surface area contributed by atoms with Crippen molar-refractivity contribution in [3.05, 3.63) is 83.3 Å². The number of nitrogens with zero attached hydrogens (tertiary/aromatic N) is 2. The number of rotatable bonds is 8. The van der Waals surface area contributed by atoms with Crippen molar-refractivity contribution in [1.29, 1.82) is 0 Å². The van der Waals surface area contributed by atoms with Gasteiger partial charge in [-0.3, -0.25) is 9.10 Å². The molecule has 1 amide bonds. The van der Waals surface area contributed by atoms with Gasteiger partial charge < -0.3 is 9.64 Å². The average molecular weight is 503 g/mol. The second-order valence-corrected chi connectivity index (χ2v) is 9.46. The number of ether oxygens (including phenoxy) is 1. The minimum absolute atomic E-state index is 0.0970. The van der Waals surface area contributed by atoms with Crippen molar-refractivity contribution in [3.63, 3.8) is 0 Å². The summed E-state index contributed by atoms with van der Waals surface area (Å²) < 4.78 is 34.3. The fourth-order valence-corrected chi connectivity index (χ4v) is 4.63. The van der Waals surface area contributed by atoms with E-state index < -0.39 is 10.0 Å². The first-order valence-electron chi connectivity index (χ1n) is 9.65. The maximum absolute atomic E-state index is 13.5. The van der Waals surface area contributed by atoms with Gasteiger partial charge in [0, 0.05) is 17.2 Å². The van der Waals surface area contributed by atoms with Crippen molar-refractivity contribution in [1.82, 2.24) is 0 Å². The normalized spacial score (nSPS) is 11.1. The van der Waals surface area contributed by atoms with E-state index in [0.717, 1.165) is 8.78 Å². The van der Waals surface area contributed by atoms with Gasteiger partial charge in [0.05, 0.1) is 17.2 Å². The van der Waals surface area contributed by atoms with Crippen LogP contribution in [0.15, 0.2) is 88.2 Å². The van der Waals surface area contributed by atoms with Crippen LogP contribution in [0, 0.1) is 0 Å². The molecule has 3 aromatic carbocycles. The maximum Gasteiger partial charge on any atom is 0.264 e. The first kappa shape index (κ1) is 22.8. The number of halogens is 1. The summed E-state index contributed by atoms with van der Waals surface area (Å²) in [6.45, 7) is 2.02. The van der Waals surface area contributed by atoms with Crippen LogP contribution in [-0.2, 0) is 14.8 Å². The Morgan fingerprint density at radius 3 is 2.10 bits per heavy atom. The number of likely N-dealkylation sites (N-methyl/N-ethyl adjacent to an activating group) is 1. The third-order valence-corrected chi connectivity index (χ3v) is 6.95. The first-order chi connectivity index (χ1) is 14.8. The summed E-state index contributed by atoms with van der Waals surface area (Å²) in [6.07, 6.45) is 0. The van der Waals surface area contributed by atoms with E-state index in [1.54, 1.807) is 55.6 Å². The number of para-hydroxylation sites is 1.